The average Bonchev–Trinajstić information content (AvgIpc) is 2.92. The first-order valence-corrected chi connectivity index (χ1v) is 10.4. The Hall–Kier alpha value is -1.79. The summed E-state index contributed by atoms with van der Waals surface area (Å²) in [6.07, 6.45) is -24.2. The zero-order valence-electron chi connectivity index (χ0n) is 21.6. The van der Waals surface area contributed by atoms with Gasteiger partial charge in [-0.3, -0.25) is 0 Å². The minimum Gasteiger partial charge on any atom is -0.547 e. The van der Waals surface area contributed by atoms with Gasteiger partial charge in [-0.1, -0.05) is 0 Å². The molecule has 0 aromatic carbocycles. The van der Waals surface area contributed by atoms with Gasteiger partial charge in [0.15, 0.2) is 0 Å². The Bertz CT molecular complexity index is 611. The third-order valence-electron chi connectivity index (χ3n) is 4.49. The molecule has 0 aliphatic heterocycles. The molecule has 0 bridgehead atoms. The van der Waals surface area contributed by atoms with Crippen LogP contribution in [0, 0.1) is 0 Å². The van der Waals surface area contributed by atoms with Crippen molar-refractivity contribution in [2.75, 3.05) is 19.8 Å². The Labute approximate surface area is 251 Å². The van der Waals surface area contributed by atoms with Gasteiger partial charge in [-0.25, -0.2) is 0 Å². The minimum absolute atomic E-state index is 0. The number of carboxylic acids is 3. The number of rotatable bonds is 15. The number of hydrogen-bond acceptors (Lipinski definition) is 21. The van der Waals surface area contributed by atoms with E-state index in [1.807, 2.05) is 0 Å². The Morgan fingerprint density at radius 3 is 0.628 bits per heavy atom. The second kappa shape index (κ2) is 28.9. The number of aliphatic hydroxyl groups is 15. The molecule has 0 aromatic rings. The van der Waals surface area contributed by atoms with Crippen molar-refractivity contribution < 1.29 is 140 Å². The summed E-state index contributed by atoms with van der Waals surface area (Å²) < 4.78 is 0. The molecule has 0 aliphatic rings. The molecule has 24 nitrogen and oxygen atoms in total. The maximum atomic E-state index is 9.98. The molecular formula is C18H39FeO24. The predicted molar refractivity (Wildman–Crippen MR) is 119 cm³/mol. The van der Waals surface area contributed by atoms with E-state index in [1.165, 1.54) is 0 Å². The molecule has 0 saturated heterocycles. The summed E-state index contributed by atoms with van der Waals surface area (Å²) in [5, 5.41) is 160. The molecule has 263 valence electrons. The van der Waals surface area contributed by atoms with Gasteiger partial charge < -0.3 is 123 Å². The third kappa shape index (κ3) is 21.5. The van der Waals surface area contributed by atoms with Crippen LogP contribution in [0.4, 0.5) is 0 Å². The van der Waals surface area contributed by atoms with E-state index in [9.17, 15) is 29.7 Å². The largest absolute Gasteiger partial charge is 3.00 e. The second-order valence-electron chi connectivity index (χ2n) is 7.48. The van der Waals surface area contributed by atoms with Gasteiger partial charge in [0.2, 0.25) is 0 Å². The average molecular weight is 695 g/mol. The molecule has 0 heterocycles. The van der Waals surface area contributed by atoms with Crippen molar-refractivity contribution in [3.8, 4) is 0 Å². The van der Waals surface area contributed by atoms with Crippen molar-refractivity contribution in [3.05, 3.63) is 0 Å². The Kier molecular flexibility index (Phi) is 38.3. The van der Waals surface area contributed by atoms with Crippen LogP contribution in [-0.4, -0.2) is 204 Å². The van der Waals surface area contributed by atoms with Crippen molar-refractivity contribution >= 4 is 17.9 Å². The maximum Gasteiger partial charge on any atom is 3.00 e. The van der Waals surface area contributed by atoms with Gasteiger partial charge in [-0.15, -0.1) is 0 Å². The fourth-order valence-electron chi connectivity index (χ4n) is 1.99. The first-order chi connectivity index (χ1) is 17.7. The smallest absolute Gasteiger partial charge is 0.547 e. The number of hydrogen-bond donors (Lipinski definition) is 15. The van der Waals surface area contributed by atoms with E-state index in [0.717, 1.165) is 0 Å². The molecule has 0 aromatic heterocycles. The summed E-state index contributed by atoms with van der Waals surface area (Å²) in [6.45, 7) is -2.59. The quantitative estimate of drug-likeness (QED) is 0.0707. The van der Waals surface area contributed by atoms with Crippen LogP contribution in [0.2, 0.25) is 0 Å². The molecule has 1 radical (unpaired) electrons. The van der Waals surface area contributed by atoms with Crippen molar-refractivity contribution in [1.29, 1.82) is 0 Å². The molecule has 0 spiro atoms. The fraction of sp³-hybridized carbons (Fsp3) is 0.833. The molecule has 0 amide bonds. The third-order valence-corrected chi connectivity index (χ3v) is 4.49. The van der Waals surface area contributed by atoms with Crippen LogP contribution in [-0.2, 0) is 31.5 Å². The van der Waals surface area contributed by atoms with Gasteiger partial charge in [0.05, 0.1) is 37.7 Å². The van der Waals surface area contributed by atoms with Gasteiger partial charge in [-0.05, 0) is 0 Å². The van der Waals surface area contributed by atoms with E-state index in [0.29, 0.717) is 0 Å². The molecule has 0 aliphatic carbocycles. The van der Waals surface area contributed by atoms with Gasteiger partial charge >= 0.3 is 17.1 Å². The molecule has 25 heteroatoms. The van der Waals surface area contributed by atoms with E-state index in [4.69, 9.17) is 76.6 Å². The summed E-state index contributed by atoms with van der Waals surface area (Å²) in [5.41, 5.74) is 0. The number of carbonyl (C=O) groups is 3. The van der Waals surface area contributed by atoms with Crippen LogP contribution in [0.25, 0.3) is 0 Å². The first kappa shape index (κ1) is 56.9. The zero-order chi connectivity index (χ0) is 31.8. The summed E-state index contributed by atoms with van der Waals surface area (Å²) in [5.74, 6) is -5.93. The molecule has 21 N–H and O–H groups in total. The standard InChI is InChI=1S/3C6H12O7.Fe.3H2O/c3*7-1-2(8)3(9)4(10)5(11)6(12)13;;;;/h3*2-5,7-11H,1H2,(H,12,13);;3*1H2/q;;;+3;;;/p-3/t3*2-,3-,4+,5-;;;;/m111..../s1. The van der Waals surface area contributed by atoms with Crippen LogP contribution in [0.1, 0.15) is 0 Å². The van der Waals surface area contributed by atoms with Gasteiger partial charge in [0, 0.05) is 0 Å². The normalized spacial score (nSPS) is 18.5. The molecule has 0 rings (SSSR count). The van der Waals surface area contributed by atoms with Crippen LogP contribution in [0.5, 0.6) is 0 Å². The Morgan fingerprint density at radius 1 is 0.395 bits per heavy atom. The van der Waals surface area contributed by atoms with E-state index in [1.54, 1.807) is 0 Å². The second-order valence-corrected chi connectivity index (χ2v) is 7.48. The van der Waals surface area contributed by atoms with Crippen LogP contribution >= 0.6 is 0 Å². The summed E-state index contributed by atoms with van der Waals surface area (Å²) in [6, 6.07) is 0. The molecular weight excluding hydrogens is 656 g/mol. The number of aliphatic hydroxyl groups excluding tert-OH is 15. The van der Waals surface area contributed by atoms with Crippen LogP contribution < -0.4 is 15.3 Å². The van der Waals surface area contributed by atoms with Gasteiger partial charge in [0.25, 0.3) is 0 Å². The molecule has 0 saturated carbocycles. The van der Waals surface area contributed by atoms with Crippen molar-refractivity contribution in [3.63, 3.8) is 0 Å². The van der Waals surface area contributed by atoms with Crippen molar-refractivity contribution in [2.24, 2.45) is 0 Å². The zero-order valence-corrected chi connectivity index (χ0v) is 22.7. The van der Waals surface area contributed by atoms with E-state index in [2.05, 4.69) is 0 Å². The maximum absolute atomic E-state index is 9.98. The molecule has 0 unspecified atom stereocenters. The van der Waals surface area contributed by atoms with E-state index >= 15 is 0 Å². The monoisotopic (exact) mass is 695 g/mol. The van der Waals surface area contributed by atoms with E-state index in [-0.39, 0.29) is 33.5 Å². The van der Waals surface area contributed by atoms with Crippen molar-refractivity contribution in [2.45, 2.75) is 73.2 Å². The number of carbonyl (C=O) groups excluding carboxylic acids is 3. The van der Waals surface area contributed by atoms with Crippen LogP contribution in [0.3, 0.4) is 0 Å². The number of carboxylic acid groups (broad SMARTS) is 3. The molecule has 43 heavy (non-hydrogen) atoms. The first-order valence-electron chi connectivity index (χ1n) is 10.4. The number of aliphatic carboxylic acids is 3. The SMILES string of the molecule is O.O.O.O=C([O-])[C@H](O)[C@@H](O)[C@H](O)[C@H](O)CO.O=C([O-])[C@H](O)[C@@H](O)[C@H](O)[C@H](O)CO.O=C([O-])[C@H](O)[C@@H](O)[C@H](O)[C@H](O)CO.[Fe+3]. The summed E-state index contributed by atoms with van der Waals surface area (Å²) in [4.78, 5) is 29.9. The van der Waals surface area contributed by atoms with Crippen LogP contribution in [0.15, 0.2) is 0 Å². The summed E-state index contributed by atoms with van der Waals surface area (Å²) >= 11 is 0. The predicted octanol–water partition coefficient (Wildman–Crippen LogP) is -17.0. The van der Waals surface area contributed by atoms with Crippen molar-refractivity contribution in [1.82, 2.24) is 0 Å². The molecule has 12 atom stereocenters. The molecule has 0 fully saturated rings. The Balaban J connectivity index is -0.0000000864. The summed E-state index contributed by atoms with van der Waals surface area (Å²) in [7, 11) is 0. The Morgan fingerprint density at radius 2 is 0.535 bits per heavy atom. The minimum atomic E-state index is -2.31. The topological polar surface area (TPSA) is 518 Å². The van der Waals surface area contributed by atoms with Gasteiger partial charge in [0.1, 0.15) is 73.2 Å². The fourth-order valence-corrected chi connectivity index (χ4v) is 1.99. The van der Waals surface area contributed by atoms with Gasteiger partial charge in [-0.2, -0.15) is 0 Å². The van der Waals surface area contributed by atoms with E-state index < -0.39 is 111 Å².